The van der Waals surface area contributed by atoms with Gasteiger partial charge in [0.05, 0.1) is 6.61 Å². The normalized spacial score (nSPS) is 16.1. The summed E-state index contributed by atoms with van der Waals surface area (Å²) in [4.78, 5) is 12.3. The summed E-state index contributed by atoms with van der Waals surface area (Å²) < 4.78 is 5.39. The number of rotatable bonds is 7. The van der Waals surface area contributed by atoms with Gasteiger partial charge in [0.15, 0.2) is 0 Å². The molecule has 1 fully saturated rings. The molecule has 112 valence electrons. The Hall–Kier alpha value is -1.59. The van der Waals surface area contributed by atoms with Crippen LogP contribution in [0.4, 0.5) is 11.9 Å². The van der Waals surface area contributed by atoms with Gasteiger partial charge in [0.25, 0.3) is 0 Å². The fourth-order valence-electron chi connectivity index (χ4n) is 2.57. The first-order valence-electron chi connectivity index (χ1n) is 7.66. The quantitative estimate of drug-likeness (QED) is 0.798. The molecule has 2 rings (SSSR count). The van der Waals surface area contributed by atoms with Crippen LogP contribution in [0.3, 0.4) is 0 Å². The van der Waals surface area contributed by atoms with E-state index in [9.17, 15) is 0 Å². The lowest BCUT2D eigenvalue weighted by molar-refractivity contribution is 0.292. The summed E-state index contributed by atoms with van der Waals surface area (Å²) in [6.07, 6.45) is 8.92. The predicted molar refractivity (Wildman–Crippen MR) is 79.7 cm³/mol. The summed E-state index contributed by atoms with van der Waals surface area (Å²) in [5, 5.41) is 3.23. The average Bonchev–Trinajstić information content (AvgIpc) is 2.46. The maximum atomic E-state index is 5.66. The van der Waals surface area contributed by atoms with Crippen molar-refractivity contribution in [3.8, 4) is 6.01 Å². The summed E-state index contributed by atoms with van der Waals surface area (Å²) >= 11 is 0. The van der Waals surface area contributed by atoms with E-state index in [1.807, 2.05) is 6.92 Å². The van der Waals surface area contributed by atoms with E-state index in [0.29, 0.717) is 18.6 Å². The van der Waals surface area contributed by atoms with Crippen LogP contribution in [-0.2, 0) is 0 Å². The van der Waals surface area contributed by atoms with E-state index in [0.717, 1.165) is 25.3 Å². The first-order chi connectivity index (χ1) is 9.78. The second kappa shape index (κ2) is 7.87. The number of aromatic nitrogens is 3. The highest BCUT2D eigenvalue weighted by Gasteiger charge is 2.13. The third-order valence-corrected chi connectivity index (χ3v) is 3.63. The highest BCUT2D eigenvalue weighted by molar-refractivity contribution is 5.32. The first kappa shape index (κ1) is 14.8. The molecular formula is C14H25N5O. The van der Waals surface area contributed by atoms with Gasteiger partial charge in [0.1, 0.15) is 0 Å². The molecular weight excluding hydrogens is 254 g/mol. The molecule has 3 N–H and O–H groups in total. The number of hydrogen-bond acceptors (Lipinski definition) is 6. The van der Waals surface area contributed by atoms with Crippen molar-refractivity contribution in [1.29, 1.82) is 0 Å². The summed E-state index contributed by atoms with van der Waals surface area (Å²) in [6.45, 7) is 3.50. The van der Waals surface area contributed by atoms with Crippen LogP contribution in [0.2, 0.25) is 0 Å². The lowest BCUT2D eigenvalue weighted by atomic mass is 9.87. The fourth-order valence-corrected chi connectivity index (χ4v) is 2.57. The molecule has 1 aliphatic carbocycles. The highest BCUT2D eigenvalue weighted by Crippen LogP contribution is 2.26. The predicted octanol–water partition coefficient (Wildman–Crippen LogP) is 2.62. The van der Waals surface area contributed by atoms with E-state index >= 15 is 0 Å². The van der Waals surface area contributed by atoms with Crippen molar-refractivity contribution in [3.63, 3.8) is 0 Å². The Morgan fingerprint density at radius 1 is 1.20 bits per heavy atom. The lowest BCUT2D eigenvalue weighted by Crippen LogP contribution is -2.14. The zero-order chi connectivity index (χ0) is 14.2. The summed E-state index contributed by atoms with van der Waals surface area (Å²) in [5.74, 6) is 1.55. The Morgan fingerprint density at radius 3 is 2.75 bits per heavy atom. The minimum atomic E-state index is 0.200. The van der Waals surface area contributed by atoms with E-state index in [1.165, 1.54) is 32.1 Å². The molecule has 0 radical (unpaired) electrons. The highest BCUT2D eigenvalue weighted by atomic mass is 16.5. The second-order valence-electron chi connectivity index (χ2n) is 5.37. The minimum absolute atomic E-state index is 0.200. The lowest BCUT2D eigenvalue weighted by Gasteiger charge is -2.21. The minimum Gasteiger partial charge on any atom is -0.463 e. The Kier molecular flexibility index (Phi) is 5.83. The topological polar surface area (TPSA) is 86.0 Å². The van der Waals surface area contributed by atoms with Gasteiger partial charge >= 0.3 is 6.01 Å². The summed E-state index contributed by atoms with van der Waals surface area (Å²) in [7, 11) is 0. The zero-order valence-corrected chi connectivity index (χ0v) is 12.3. The van der Waals surface area contributed by atoms with E-state index in [2.05, 4.69) is 20.3 Å². The van der Waals surface area contributed by atoms with Crippen LogP contribution in [-0.4, -0.2) is 28.1 Å². The van der Waals surface area contributed by atoms with Crippen LogP contribution in [0.25, 0.3) is 0 Å². The van der Waals surface area contributed by atoms with Crippen LogP contribution in [0.15, 0.2) is 0 Å². The van der Waals surface area contributed by atoms with Gasteiger partial charge in [-0.15, -0.1) is 0 Å². The number of nitrogen functional groups attached to an aromatic ring is 1. The maximum Gasteiger partial charge on any atom is 0.323 e. The molecule has 0 atom stereocenters. The van der Waals surface area contributed by atoms with Crippen molar-refractivity contribution in [3.05, 3.63) is 0 Å². The number of nitrogens with two attached hydrogens (primary N) is 1. The van der Waals surface area contributed by atoms with E-state index < -0.39 is 0 Å². The fraction of sp³-hybridized carbons (Fsp3) is 0.786. The first-order valence-corrected chi connectivity index (χ1v) is 7.66. The van der Waals surface area contributed by atoms with Gasteiger partial charge in [-0.25, -0.2) is 0 Å². The molecule has 6 heteroatoms. The Labute approximate surface area is 120 Å². The SMILES string of the molecule is CCCOc1nc(N)nc(NCCC2CCCCC2)n1. The third-order valence-electron chi connectivity index (χ3n) is 3.63. The van der Waals surface area contributed by atoms with Crippen LogP contribution in [0, 0.1) is 5.92 Å². The van der Waals surface area contributed by atoms with Crippen molar-refractivity contribution in [2.75, 3.05) is 24.2 Å². The number of nitrogens with zero attached hydrogens (tertiary/aromatic N) is 3. The molecule has 6 nitrogen and oxygen atoms in total. The maximum absolute atomic E-state index is 5.66. The van der Waals surface area contributed by atoms with Crippen LogP contribution < -0.4 is 15.8 Å². The van der Waals surface area contributed by atoms with Crippen molar-refractivity contribution >= 4 is 11.9 Å². The monoisotopic (exact) mass is 279 g/mol. The molecule has 1 aromatic heterocycles. The molecule has 0 saturated heterocycles. The zero-order valence-electron chi connectivity index (χ0n) is 12.3. The molecule has 1 aromatic rings. The largest absolute Gasteiger partial charge is 0.463 e. The van der Waals surface area contributed by atoms with Gasteiger partial charge < -0.3 is 15.8 Å². The Bertz CT molecular complexity index is 407. The average molecular weight is 279 g/mol. The van der Waals surface area contributed by atoms with Crippen LogP contribution in [0.5, 0.6) is 6.01 Å². The van der Waals surface area contributed by atoms with Gasteiger partial charge in [-0.1, -0.05) is 39.0 Å². The Balaban J connectivity index is 1.80. The van der Waals surface area contributed by atoms with Crippen molar-refractivity contribution < 1.29 is 4.74 Å². The molecule has 1 saturated carbocycles. The Morgan fingerprint density at radius 2 is 2.00 bits per heavy atom. The van der Waals surface area contributed by atoms with Gasteiger partial charge in [-0.3, -0.25) is 0 Å². The summed E-state index contributed by atoms with van der Waals surface area (Å²) in [6, 6.07) is 0.305. The summed E-state index contributed by atoms with van der Waals surface area (Å²) in [5.41, 5.74) is 5.66. The number of ether oxygens (including phenoxy) is 1. The van der Waals surface area contributed by atoms with E-state index in [-0.39, 0.29) is 5.95 Å². The number of anilines is 2. The van der Waals surface area contributed by atoms with Gasteiger partial charge in [-0.2, -0.15) is 15.0 Å². The van der Waals surface area contributed by atoms with Gasteiger partial charge in [0.2, 0.25) is 11.9 Å². The van der Waals surface area contributed by atoms with Crippen molar-refractivity contribution in [2.45, 2.75) is 51.9 Å². The van der Waals surface area contributed by atoms with E-state index in [4.69, 9.17) is 10.5 Å². The van der Waals surface area contributed by atoms with Crippen molar-refractivity contribution in [2.24, 2.45) is 5.92 Å². The smallest absolute Gasteiger partial charge is 0.323 e. The van der Waals surface area contributed by atoms with Crippen LogP contribution in [0.1, 0.15) is 51.9 Å². The van der Waals surface area contributed by atoms with Crippen molar-refractivity contribution in [1.82, 2.24) is 15.0 Å². The molecule has 1 heterocycles. The molecule has 0 aliphatic heterocycles. The molecule has 0 spiro atoms. The molecule has 0 unspecified atom stereocenters. The molecule has 1 aliphatic rings. The molecule has 0 bridgehead atoms. The van der Waals surface area contributed by atoms with Gasteiger partial charge in [-0.05, 0) is 18.8 Å². The molecule has 0 aromatic carbocycles. The molecule has 0 amide bonds. The number of hydrogen-bond donors (Lipinski definition) is 2. The van der Waals surface area contributed by atoms with Gasteiger partial charge in [0, 0.05) is 6.54 Å². The second-order valence-corrected chi connectivity index (χ2v) is 5.37. The number of nitrogens with one attached hydrogen (secondary N) is 1. The standard InChI is InChI=1S/C14H25N5O/c1-2-10-20-14-18-12(15)17-13(19-14)16-9-8-11-6-4-3-5-7-11/h11H,2-10H2,1H3,(H3,15,16,17,18,19). The van der Waals surface area contributed by atoms with Crippen LogP contribution >= 0.6 is 0 Å². The molecule has 20 heavy (non-hydrogen) atoms. The third kappa shape index (κ3) is 4.83. The van der Waals surface area contributed by atoms with E-state index in [1.54, 1.807) is 0 Å².